The topological polar surface area (TPSA) is 125 Å². The number of aliphatic hydroxyl groups excluding tert-OH is 1. The van der Waals surface area contributed by atoms with Crippen molar-refractivity contribution in [3.05, 3.63) is 80.8 Å². The van der Waals surface area contributed by atoms with Crippen LogP contribution in [0.1, 0.15) is 28.9 Å². The first kappa shape index (κ1) is 23.9. The van der Waals surface area contributed by atoms with Crippen molar-refractivity contribution in [2.75, 3.05) is 30.3 Å². The number of rotatable bonds is 6. The van der Waals surface area contributed by atoms with E-state index >= 15 is 0 Å². The lowest BCUT2D eigenvalue weighted by Crippen LogP contribution is -2.34. The van der Waals surface area contributed by atoms with Gasteiger partial charge in [0.05, 0.1) is 22.4 Å². The minimum atomic E-state index is -0.372. The Morgan fingerprint density at radius 3 is 2.69 bits per heavy atom. The molecule has 1 aromatic heterocycles. The number of halogens is 3. The third kappa shape index (κ3) is 3.85. The highest BCUT2D eigenvalue weighted by Gasteiger charge is 2.65. The first-order chi connectivity index (χ1) is 16.8. The molecule has 5 rings (SSSR count). The van der Waals surface area contributed by atoms with E-state index in [9.17, 15) is 9.50 Å². The number of aromatic nitrogens is 2. The SMILES string of the molecule is N=C(c1cccc(Cl)c1Cl)c1nc(CO)c(N2CCC3C(C2)C3(CN)c2cccc(F)c2)nc1N. The molecule has 7 nitrogen and oxygen atoms in total. The Morgan fingerprint density at radius 2 is 1.97 bits per heavy atom. The molecule has 1 aliphatic carbocycles. The van der Waals surface area contributed by atoms with E-state index < -0.39 is 0 Å². The van der Waals surface area contributed by atoms with Gasteiger partial charge in [0.15, 0.2) is 11.6 Å². The van der Waals surface area contributed by atoms with Gasteiger partial charge in [0.1, 0.15) is 17.2 Å². The second-order valence-electron chi connectivity index (χ2n) is 9.06. The van der Waals surface area contributed by atoms with Gasteiger partial charge in [-0.25, -0.2) is 14.4 Å². The quantitative estimate of drug-likeness (QED) is 0.371. The van der Waals surface area contributed by atoms with Crippen LogP contribution in [0, 0.1) is 23.1 Å². The first-order valence-electron chi connectivity index (χ1n) is 11.3. The van der Waals surface area contributed by atoms with Gasteiger partial charge in [-0.1, -0.05) is 47.5 Å². The van der Waals surface area contributed by atoms with Crippen molar-refractivity contribution < 1.29 is 9.50 Å². The number of hydrogen-bond donors (Lipinski definition) is 4. The maximum Gasteiger partial charge on any atom is 0.155 e. The summed E-state index contributed by atoms with van der Waals surface area (Å²) >= 11 is 12.4. The fraction of sp³-hybridized carbons (Fsp3) is 0.320. The van der Waals surface area contributed by atoms with E-state index in [1.54, 1.807) is 30.3 Å². The van der Waals surface area contributed by atoms with Crippen LogP contribution in [0.2, 0.25) is 10.0 Å². The second-order valence-corrected chi connectivity index (χ2v) is 9.85. The Labute approximate surface area is 212 Å². The van der Waals surface area contributed by atoms with Gasteiger partial charge < -0.3 is 21.5 Å². The molecule has 3 unspecified atom stereocenters. The van der Waals surface area contributed by atoms with Gasteiger partial charge in [0.25, 0.3) is 0 Å². The molecule has 0 radical (unpaired) electrons. The van der Waals surface area contributed by atoms with Gasteiger partial charge in [0.2, 0.25) is 0 Å². The number of fused-ring (bicyclic) bond motifs is 1. The number of nitrogens with two attached hydrogens (primary N) is 2. The molecule has 1 saturated heterocycles. The second kappa shape index (κ2) is 9.02. The van der Waals surface area contributed by atoms with E-state index in [1.165, 1.54) is 6.07 Å². The minimum Gasteiger partial charge on any atom is -0.390 e. The van der Waals surface area contributed by atoms with Gasteiger partial charge in [-0.05, 0) is 42.0 Å². The van der Waals surface area contributed by atoms with Crippen molar-refractivity contribution in [2.24, 2.45) is 17.6 Å². The lowest BCUT2D eigenvalue weighted by molar-refractivity contribution is 0.276. The fourth-order valence-corrected chi connectivity index (χ4v) is 6.03. The summed E-state index contributed by atoms with van der Waals surface area (Å²) in [6, 6.07) is 11.6. The molecule has 6 N–H and O–H groups in total. The van der Waals surface area contributed by atoms with Crippen LogP contribution >= 0.6 is 23.2 Å². The van der Waals surface area contributed by atoms with Crippen molar-refractivity contribution in [3.8, 4) is 0 Å². The Bertz CT molecular complexity index is 1320. The molecule has 3 atom stereocenters. The molecule has 0 amide bonds. The largest absolute Gasteiger partial charge is 0.390 e. The Morgan fingerprint density at radius 1 is 1.20 bits per heavy atom. The van der Waals surface area contributed by atoms with Gasteiger partial charge >= 0.3 is 0 Å². The summed E-state index contributed by atoms with van der Waals surface area (Å²) in [5, 5.41) is 19.2. The molecule has 0 spiro atoms. The summed E-state index contributed by atoms with van der Waals surface area (Å²) < 4.78 is 14.0. The van der Waals surface area contributed by atoms with Crippen LogP contribution in [0.15, 0.2) is 42.5 Å². The lowest BCUT2D eigenvalue weighted by atomic mass is 9.91. The molecule has 1 saturated carbocycles. The molecule has 2 heterocycles. The highest BCUT2D eigenvalue weighted by molar-refractivity contribution is 6.44. The molecular formula is C25H25Cl2FN6O. The normalized spacial score (nSPS) is 23.2. The monoisotopic (exact) mass is 514 g/mol. The molecule has 2 aliphatic rings. The zero-order chi connectivity index (χ0) is 24.9. The van der Waals surface area contributed by atoms with Crippen molar-refractivity contribution in [2.45, 2.75) is 18.4 Å². The van der Waals surface area contributed by atoms with Crippen LogP contribution < -0.4 is 16.4 Å². The third-order valence-corrected chi connectivity index (χ3v) is 8.23. The van der Waals surface area contributed by atoms with E-state index in [2.05, 4.69) is 9.97 Å². The van der Waals surface area contributed by atoms with Gasteiger partial charge in [-0.3, -0.25) is 5.41 Å². The number of benzene rings is 2. The van der Waals surface area contributed by atoms with E-state index in [0.29, 0.717) is 47.7 Å². The predicted octanol–water partition coefficient (Wildman–Crippen LogP) is 3.77. The smallest absolute Gasteiger partial charge is 0.155 e. The van der Waals surface area contributed by atoms with E-state index in [-0.39, 0.29) is 46.0 Å². The number of nitrogens with zero attached hydrogens (tertiary/aromatic N) is 3. The Balaban J connectivity index is 1.45. The average molecular weight is 515 g/mol. The van der Waals surface area contributed by atoms with Crippen LogP contribution in [0.3, 0.4) is 0 Å². The van der Waals surface area contributed by atoms with E-state index in [4.69, 9.17) is 40.1 Å². The molecule has 35 heavy (non-hydrogen) atoms. The number of hydrogen-bond acceptors (Lipinski definition) is 7. The van der Waals surface area contributed by atoms with Crippen LogP contribution in [-0.4, -0.2) is 40.4 Å². The standard InChI is InChI=1S/C25H25Cl2FN6O/c26-18-6-2-5-15(20(18)27)21(30)22-23(31)33-24(19(11-35)32-22)34-8-7-16-17(10-34)25(16,12-29)13-3-1-4-14(28)9-13/h1-6,9,16-17,30,35H,7-8,10-12,29H2,(H2,31,33). The van der Waals surface area contributed by atoms with E-state index in [0.717, 1.165) is 12.0 Å². The first-order valence-corrected chi connectivity index (χ1v) is 12.1. The molecule has 10 heteroatoms. The summed E-state index contributed by atoms with van der Waals surface area (Å²) in [6.07, 6.45) is 0.848. The summed E-state index contributed by atoms with van der Waals surface area (Å²) in [5.74, 6) is 0.849. The molecule has 2 fully saturated rings. The zero-order valence-corrected chi connectivity index (χ0v) is 20.3. The maximum absolute atomic E-state index is 14.0. The van der Waals surface area contributed by atoms with E-state index in [1.807, 2.05) is 11.0 Å². The van der Waals surface area contributed by atoms with Gasteiger partial charge in [0, 0.05) is 30.6 Å². The van der Waals surface area contributed by atoms with Crippen molar-refractivity contribution >= 4 is 40.5 Å². The maximum atomic E-state index is 14.0. The summed E-state index contributed by atoms with van der Waals surface area (Å²) in [4.78, 5) is 11.1. The Hall–Kier alpha value is -2.78. The molecule has 1 aliphatic heterocycles. The lowest BCUT2D eigenvalue weighted by Gasteiger charge is -2.29. The molecule has 2 aromatic carbocycles. The van der Waals surface area contributed by atoms with Crippen LogP contribution in [0.25, 0.3) is 0 Å². The van der Waals surface area contributed by atoms with Crippen molar-refractivity contribution in [3.63, 3.8) is 0 Å². The average Bonchev–Trinajstić information content (AvgIpc) is 3.53. The highest BCUT2D eigenvalue weighted by atomic mass is 35.5. The third-order valence-electron chi connectivity index (χ3n) is 7.41. The number of nitrogen functional groups attached to an aromatic ring is 1. The molecular weight excluding hydrogens is 490 g/mol. The summed E-state index contributed by atoms with van der Waals surface area (Å²) in [5.41, 5.74) is 13.9. The molecule has 0 bridgehead atoms. The number of anilines is 2. The number of aliphatic hydroxyl groups is 1. The Kier molecular flexibility index (Phi) is 6.17. The number of piperidine rings is 1. The minimum absolute atomic E-state index is 0.0297. The van der Waals surface area contributed by atoms with Gasteiger partial charge in [-0.2, -0.15) is 0 Å². The highest BCUT2D eigenvalue weighted by Crippen LogP contribution is 2.63. The van der Waals surface area contributed by atoms with Crippen LogP contribution in [-0.2, 0) is 12.0 Å². The van der Waals surface area contributed by atoms with Gasteiger partial charge in [-0.15, -0.1) is 0 Å². The molecule has 3 aromatic rings. The summed E-state index contributed by atoms with van der Waals surface area (Å²) in [7, 11) is 0. The van der Waals surface area contributed by atoms with Crippen molar-refractivity contribution in [1.82, 2.24) is 9.97 Å². The number of nitrogens with one attached hydrogen (secondary N) is 1. The fourth-order valence-electron chi connectivity index (χ4n) is 5.64. The van der Waals surface area contributed by atoms with Crippen LogP contribution in [0.4, 0.5) is 16.0 Å². The summed E-state index contributed by atoms with van der Waals surface area (Å²) in [6.45, 7) is 1.37. The molecule has 182 valence electrons. The van der Waals surface area contributed by atoms with Crippen molar-refractivity contribution in [1.29, 1.82) is 5.41 Å². The van der Waals surface area contributed by atoms with Crippen LogP contribution in [0.5, 0.6) is 0 Å². The zero-order valence-electron chi connectivity index (χ0n) is 18.8. The predicted molar refractivity (Wildman–Crippen MR) is 136 cm³/mol.